The summed E-state index contributed by atoms with van der Waals surface area (Å²) < 4.78 is 0. The molecule has 4 rings (SSSR count). The first-order valence-corrected chi connectivity index (χ1v) is 9.37. The highest BCUT2D eigenvalue weighted by Crippen LogP contribution is 2.43. The van der Waals surface area contributed by atoms with E-state index in [0.29, 0.717) is 11.1 Å². The molecule has 9 heteroatoms. The van der Waals surface area contributed by atoms with Gasteiger partial charge in [0.1, 0.15) is 5.76 Å². The monoisotopic (exact) mass is 407 g/mol. The Balaban J connectivity index is 1.96. The number of Topliss-reactive ketones (excluding diaryl/α,β-unsaturated/α-hetero) is 1. The number of thiazole rings is 1. The van der Waals surface area contributed by atoms with E-state index in [0.717, 1.165) is 11.3 Å². The molecule has 1 N–H and O–H groups in total. The van der Waals surface area contributed by atoms with E-state index in [2.05, 4.69) is 4.98 Å². The summed E-state index contributed by atoms with van der Waals surface area (Å²) in [7, 11) is 0. The van der Waals surface area contributed by atoms with Crippen molar-refractivity contribution < 1.29 is 19.6 Å². The van der Waals surface area contributed by atoms with Gasteiger partial charge in [-0.05, 0) is 5.56 Å². The maximum Gasteiger partial charge on any atom is 0.301 e. The number of aromatic nitrogens is 1. The van der Waals surface area contributed by atoms with Crippen molar-refractivity contribution in [3.63, 3.8) is 0 Å². The van der Waals surface area contributed by atoms with E-state index in [1.807, 2.05) is 0 Å². The number of ketones is 1. The third-order valence-corrected chi connectivity index (χ3v) is 5.28. The minimum Gasteiger partial charge on any atom is -0.507 e. The quantitative estimate of drug-likeness (QED) is 0.232. The zero-order valence-corrected chi connectivity index (χ0v) is 15.6. The summed E-state index contributed by atoms with van der Waals surface area (Å²) >= 11 is 1.15. The number of benzene rings is 2. The van der Waals surface area contributed by atoms with Gasteiger partial charge in [-0.3, -0.25) is 24.6 Å². The molecular weight excluding hydrogens is 394 g/mol. The molecule has 1 aliphatic rings. The molecule has 2 aromatic carbocycles. The number of nitro benzene ring substituents is 1. The number of amides is 1. The van der Waals surface area contributed by atoms with E-state index < -0.39 is 22.7 Å². The van der Waals surface area contributed by atoms with E-state index in [1.54, 1.807) is 41.8 Å². The van der Waals surface area contributed by atoms with E-state index in [9.17, 15) is 24.8 Å². The largest absolute Gasteiger partial charge is 0.507 e. The predicted molar refractivity (Wildman–Crippen MR) is 106 cm³/mol. The summed E-state index contributed by atoms with van der Waals surface area (Å²) in [6.45, 7) is 0. The van der Waals surface area contributed by atoms with Gasteiger partial charge in [0.2, 0.25) is 0 Å². The Morgan fingerprint density at radius 3 is 2.55 bits per heavy atom. The molecule has 3 aromatic rings. The lowest BCUT2D eigenvalue weighted by Gasteiger charge is -2.22. The minimum atomic E-state index is -1.04. The van der Waals surface area contributed by atoms with Crippen LogP contribution in [-0.4, -0.2) is 26.7 Å². The number of hydrogen-bond donors (Lipinski definition) is 1. The molecule has 8 nitrogen and oxygen atoms in total. The topological polar surface area (TPSA) is 114 Å². The van der Waals surface area contributed by atoms with Crippen LogP contribution in [0, 0.1) is 10.1 Å². The SMILES string of the molecule is O=C1C(=O)N(c2nccs2)[C@@H](c2cccc([N+](=O)[O-])c2)C1=C(O)c1ccccc1. The smallest absolute Gasteiger partial charge is 0.301 e. The number of anilines is 1. The van der Waals surface area contributed by atoms with Gasteiger partial charge in [-0.1, -0.05) is 42.5 Å². The van der Waals surface area contributed by atoms with Gasteiger partial charge in [0.05, 0.1) is 16.5 Å². The molecule has 0 saturated carbocycles. The predicted octanol–water partition coefficient (Wildman–Crippen LogP) is 3.68. The standard InChI is InChI=1S/C20H13N3O5S/c24-17(12-5-2-1-3-6-12)15-16(13-7-4-8-14(11-13)23(27)28)22(19(26)18(15)25)20-21-9-10-29-20/h1-11,16,24H/t16-/m0/s1. The fraction of sp³-hybridized carbons (Fsp3) is 0.0500. The van der Waals surface area contributed by atoms with Crippen LogP contribution >= 0.6 is 11.3 Å². The van der Waals surface area contributed by atoms with Crippen LogP contribution in [0.1, 0.15) is 17.2 Å². The summed E-state index contributed by atoms with van der Waals surface area (Å²) in [5.74, 6) is -2.08. The van der Waals surface area contributed by atoms with Gasteiger partial charge in [-0.2, -0.15) is 0 Å². The van der Waals surface area contributed by atoms with Crippen molar-refractivity contribution in [3.05, 3.63) is 93.0 Å². The number of nitro groups is 1. The number of non-ortho nitro benzene ring substituents is 1. The second kappa shape index (κ2) is 7.28. The Labute approximate surface area is 168 Å². The van der Waals surface area contributed by atoms with E-state index >= 15 is 0 Å². The van der Waals surface area contributed by atoms with Gasteiger partial charge in [0.25, 0.3) is 11.5 Å². The molecule has 0 radical (unpaired) electrons. The van der Waals surface area contributed by atoms with Gasteiger partial charge in [-0.15, -0.1) is 11.3 Å². The van der Waals surface area contributed by atoms with Crippen LogP contribution in [0.5, 0.6) is 0 Å². The van der Waals surface area contributed by atoms with Gasteiger partial charge in [0, 0.05) is 29.3 Å². The van der Waals surface area contributed by atoms with Crippen molar-refractivity contribution >= 4 is 39.6 Å². The lowest BCUT2D eigenvalue weighted by atomic mass is 9.95. The molecule has 0 bridgehead atoms. The average molecular weight is 407 g/mol. The Bertz CT molecular complexity index is 1140. The fourth-order valence-corrected chi connectivity index (χ4v) is 3.91. The summed E-state index contributed by atoms with van der Waals surface area (Å²) in [5.41, 5.74) is 0.356. The third-order valence-electron chi connectivity index (χ3n) is 4.51. The molecule has 1 aliphatic heterocycles. The van der Waals surface area contributed by atoms with Crippen molar-refractivity contribution in [1.29, 1.82) is 0 Å². The number of aliphatic hydroxyl groups is 1. The van der Waals surface area contributed by atoms with E-state index in [4.69, 9.17) is 0 Å². The van der Waals surface area contributed by atoms with Crippen molar-refractivity contribution in [3.8, 4) is 0 Å². The lowest BCUT2D eigenvalue weighted by molar-refractivity contribution is -0.384. The fourth-order valence-electron chi connectivity index (χ4n) is 3.24. The maximum atomic E-state index is 12.9. The number of hydrogen-bond acceptors (Lipinski definition) is 7. The third kappa shape index (κ3) is 3.17. The second-order valence-corrected chi connectivity index (χ2v) is 7.07. The molecule has 1 fully saturated rings. The first-order valence-electron chi connectivity index (χ1n) is 8.49. The van der Waals surface area contributed by atoms with Gasteiger partial charge in [0.15, 0.2) is 5.13 Å². The summed E-state index contributed by atoms with van der Waals surface area (Å²) in [5, 5.41) is 24.0. The minimum absolute atomic E-state index is 0.142. The normalized spacial score (nSPS) is 18.2. The van der Waals surface area contributed by atoms with E-state index in [1.165, 1.54) is 29.3 Å². The highest BCUT2D eigenvalue weighted by Gasteiger charge is 2.48. The van der Waals surface area contributed by atoms with Crippen LogP contribution in [0.3, 0.4) is 0 Å². The first-order chi connectivity index (χ1) is 14.0. The number of aliphatic hydroxyl groups excluding tert-OH is 1. The van der Waals surface area contributed by atoms with Crippen LogP contribution in [0.25, 0.3) is 5.76 Å². The molecule has 1 aromatic heterocycles. The molecular formula is C20H13N3O5S. The summed E-state index contributed by atoms with van der Waals surface area (Å²) in [4.78, 5) is 41.6. The zero-order valence-electron chi connectivity index (χ0n) is 14.8. The summed E-state index contributed by atoms with van der Waals surface area (Å²) in [6.07, 6.45) is 1.49. The van der Waals surface area contributed by atoms with Crippen LogP contribution in [0.2, 0.25) is 0 Å². The average Bonchev–Trinajstić information content (AvgIpc) is 3.35. The Morgan fingerprint density at radius 2 is 1.90 bits per heavy atom. The van der Waals surface area contributed by atoms with Crippen molar-refractivity contribution in [2.45, 2.75) is 6.04 Å². The second-order valence-electron chi connectivity index (χ2n) is 6.20. The summed E-state index contributed by atoms with van der Waals surface area (Å²) in [6, 6.07) is 13.0. The number of nitrogens with zero attached hydrogens (tertiary/aromatic N) is 3. The molecule has 0 aliphatic carbocycles. The number of rotatable bonds is 4. The highest BCUT2D eigenvalue weighted by molar-refractivity contribution is 7.14. The molecule has 2 heterocycles. The molecule has 1 amide bonds. The Morgan fingerprint density at radius 1 is 1.14 bits per heavy atom. The Kier molecular flexibility index (Phi) is 4.65. The molecule has 29 heavy (non-hydrogen) atoms. The van der Waals surface area contributed by atoms with Crippen molar-refractivity contribution in [2.24, 2.45) is 0 Å². The van der Waals surface area contributed by atoms with Crippen LogP contribution < -0.4 is 4.90 Å². The first kappa shape index (κ1) is 18.5. The lowest BCUT2D eigenvalue weighted by Crippen LogP contribution is -2.29. The van der Waals surface area contributed by atoms with Gasteiger partial charge >= 0.3 is 5.91 Å². The maximum absolute atomic E-state index is 12.9. The Hall–Kier alpha value is -3.85. The zero-order chi connectivity index (χ0) is 20.5. The van der Waals surface area contributed by atoms with Crippen LogP contribution in [0.4, 0.5) is 10.8 Å². The highest BCUT2D eigenvalue weighted by atomic mass is 32.1. The molecule has 0 spiro atoms. The van der Waals surface area contributed by atoms with Gasteiger partial charge < -0.3 is 5.11 Å². The number of carbonyl (C=O) groups is 2. The molecule has 0 unspecified atom stereocenters. The van der Waals surface area contributed by atoms with Crippen LogP contribution in [-0.2, 0) is 9.59 Å². The van der Waals surface area contributed by atoms with Crippen molar-refractivity contribution in [1.82, 2.24) is 4.98 Å². The van der Waals surface area contributed by atoms with Crippen LogP contribution in [0.15, 0.2) is 71.7 Å². The van der Waals surface area contributed by atoms with Crippen molar-refractivity contribution in [2.75, 3.05) is 4.90 Å². The molecule has 144 valence electrons. The molecule has 1 atom stereocenters. The number of carbonyl (C=O) groups excluding carboxylic acids is 2. The van der Waals surface area contributed by atoms with Gasteiger partial charge in [-0.25, -0.2) is 4.98 Å². The van der Waals surface area contributed by atoms with E-state index in [-0.39, 0.29) is 22.2 Å². The molecule has 1 saturated heterocycles.